The van der Waals surface area contributed by atoms with E-state index >= 15 is 0 Å². The maximum atomic E-state index is 10.7. The Kier molecular flexibility index (Phi) is 4.05. The highest BCUT2D eigenvalue weighted by Gasteiger charge is 2.33. The minimum absolute atomic E-state index is 0.0707. The molecular formula is C9H17N2O5+. The SMILES string of the molecule is C[N+]1(CCO[N+](=O)[O-])CCC(C(=O)O)CC1. The maximum Gasteiger partial charge on any atom is 0.306 e. The molecule has 16 heavy (non-hydrogen) atoms. The molecule has 1 fully saturated rings. The van der Waals surface area contributed by atoms with Crippen LogP contribution in [0.3, 0.4) is 0 Å². The van der Waals surface area contributed by atoms with E-state index in [1.54, 1.807) is 0 Å². The number of nitrogens with zero attached hydrogens (tertiary/aromatic N) is 2. The summed E-state index contributed by atoms with van der Waals surface area (Å²) in [5.74, 6) is -1.00. The molecule has 0 aromatic carbocycles. The van der Waals surface area contributed by atoms with Crippen molar-refractivity contribution in [3.8, 4) is 0 Å². The molecule has 7 nitrogen and oxygen atoms in total. The molecule has 1 aliphatic rings. The van der Waals surface area contributed by atoms with Crippen LogP contribution in [0, 0.1) is 16.0 Å². The molecule has 0 saturated carbocycles. The zero-order valence-corrected chi connectivity index (χ0v) is 9.29. The Morgan fingerprint density at radius 2 is 2.12 bits per heavy atom. The van der Waals surface area contributed by atoms with Crippen molar-refractivity contribution >= 4 is 5.97 Å². The van der Waals surface area contributed by atoms with E-state index in [1.165, 1.54) is 0 Å². The van der Waals surface area contributed by atoms with Gasteiger partial charge in [-0.15, -0.1) is 10.1 Å². The average Bonchev–Trinajstić information content (AvgIpc) is 2.17. The molecule has 0 unspecified atom stereocenters. The van der Waals surface area contributed by atoms with Crippen LogP contribution in [0.15, 0.2) is 0 Å². The number of hydrogen-bond acceptors (Lipinski definition) is 4. The predicted molar refractivity (Wildman–Crippen MR) is 54.1 cm³/mol. The third-order valence-corrected chi connectivity index (χ3v) is 3.21. The molecule has 0 aromatic rings. The lowest BCUT2D eigenvalue weighted by Crippen LogP contribution is -2.52. The van der Waals surface area contributed by atoms with E-state index in [1.807, 2.05) is 7.05 Å². The lowest BCUT2D eigenvalue weighted by Gasteiger charge is -2.39. The summed E-state index contributed by atoms with van der Waals surface area (Å²) in [4.78, 5) is 25.0. The predicted octanol–water partition coefficient (Wildman–Crippen LogP) is 0.136. The molecule has 0 radical (unpaired) electrons. The second kappa shape index (κ2) is 5.11. The molecule has 1 rings (SSSR count). The molecular weight excluding hydrogens is 216 g/mol. The quantitative estimate of drug-likeness (QED) is 0.414. The summed E-state index contributed by atoms with van der Waals surface area (Å²) >= 11 is 0. The Labute approximate surface area is 93.3 Å². The average molecular weight is 233 g/mol. The molecule has 0 atom stereocenters. The van der Waals surface area contributed by atoms with Gasteiger partial charge in [0.1, 0.15) is 13.2 Å². The van der Waals surface area contributed by atoms with Crippen LogP contribution >= 0.6 is 0 Å². The highest BCUT2D eigenvalue weighted by Crippen LogP contribution is 2.21. The standard InChI is InChI=1S/C9H16N2O5/c1-11(6-7-16-10(14)15)4-2-8(3-5-11)9(12)13/h8H,2-7H2,1H3/p+1. The van der Waals surface area contributed by atoms with Crippen LogP contribution in [0.4, 0.5) is 0 Å². The smallest absolute Gasteiger partial charge is 0.306 e. The number of likely N-dealkylation sites (N-methyl/N-ethyl adjacent to an activating group) is 1. The Morgan fingerprint density at radius 3 is 2.56 bits per heavy atom. The van der Waals surface area contributed by atoms with Crippen molar-refractivity contribution in [3.63, 3.8) is 0 Å². The minimum atomic E-state index is -0.795. The number of quaternary nitrogens is 1. The van der Waals surface area contributed by atoms with Crippen LogP contribution in [0.1, 0.15) is 12.8 Å². The van der Waals surface area contributed by atoms with Crippen LogP contribution in [-0.2, 0) is 9.63 Å². The first-order valence-electron chi connectivity index (χ1n) is 5.27. The highest BCUT2D eigenvalue weighted by molar-refractivity contribution is 5.69. The van der Waals surface area contributed by atoms with Crippen molar-refractivity contribution in [3.05, 3.63) is 10.1 Å². The molecule has 0 amide bonds. The van der Waals surface area contributed by atoms with Gasteiger partial charge in [0, 0.05) is 12.8 Å². The lowest BCUT2D eigenvalue weighted by molar-refractivity contribution is -0.921. The van der Waals surface area contributed by atoms with Gasteiger partial charge in [-0.25, -0.2) is 0 Å². The minimum Gasteiger partial charge on any atom is -0.481 e. The number of rotatable bonds is 5. The molecule has 1 saturated heterocycles. The van der Waals surface area contributed by atoms with Crippen molar-refractivity contribution in [1.82, 2.24) is 0 Å². The summed E-state index contributed by atoms with van der Waals surface area (Å²) in [7, 11) is 1.97. The zero-order chi connectivity index (χ0) is 12.2. The summed E-state index contributed by atoms with van der Waals surface area (Å²) in [5.41, 5.74) is 0. The first kappa shape index (κ1) is 12.7. The second-order valence-corrected chi connectivity index (χ2v) is 4.46. The van der Waals surface area contributed by atoms with Crippen LogP contribution in [0.25, 0.3) is 0 Å². The summed E-state index contributed by atoms with van der Waals surface area (Å²) in [6.07, 6.45) is 1.26. The van der Waals surface area contributed by atoms with Crippen LogP contribution in [-0.4, -0.2) is 53.9 Å². The number of carbonyl (C=O) groups is 1. The van der Waals surface area contributed by atoms with Crippen molar-refractivity contribution in [2.75, 3.05) is 33.3 Å². The fourth-order valence-electron chi connectivity index (χ4n) is 2.00. The van der Waals surface area contributed by atoms with Gasteiger partial charge in [-0.05, 0) is 0 Å². The second-order valence-electron chi connectivity index (χ2n) is 4.46. The van der Waals surface area contributed by atoms with Gasteiger partial charge < -0.3 is 14.4 Å². The Hall–Kier alpha value is -1.37. The van der Waals surface area contributed by atoms with Crippen molar-refractivity contribution < 1.29 is 24.3 Å². The van der Waals surface area contributed by atoms with E-state index in [4.69, 9.17) is 5.11 Å². The highest BCUT2D eigenvalue weighted by atomic mass is 16.9. The largest absolute Gasteiger partial charge is 0.481 e. The van der Waals surface area contributed by atoms with E-state index in [9.17, 15) is 14.9 Å². The van der Waals surface area contributed by atoms with E-state index in [-0.39, 0.29) is 12.5 Å². The van der Waals surface area contributed by atoms with Gasteiger partial charge in [0.15, 0.2) is 0 Å². The summed E-state index contributed by atoms with van der Waals surface area (Å²) in [6, 6.07) is 0. The number of carboxylic acids is 1. The number of piperidine rings is 1. The molecule has 1 aliphatic heterocycles. The monoisotopic (exact) mass is 233 g/mol. The third-order valence-electron chi connectivity index (χ3n) is 3.21. The molecule has 1 heterocycles. The zero-order valence-electron chi connectivity index (χ0n) is 9.29. The third kappa shape index (κ3) is 3.65. The van der Waals surface area contributed by atoms with E-state index in [0.29, 0.717) is 23.9 Å². The van der Waals surface area contributed by atoms with Crippen molar-refractivity contribution in [1.29, 1.82) is 0 Å². The maximum absolute atomic E-state index is 10.7. The molecule has 0 aliphatic carbocycles. The number of likely N-dealkylation sites (tertiary alicyclic amines) is 1. The summed E-state index contributed by atoms with van der Waals surface area (Å²) < 4.78 is 0.650. The van der Waals surface area contributed by atoms with Gasteiger partial charge in [-0.1, -0.05) is 0 Å². The molecule has 92 valence electrons. The van der Waals surface area contributed by atoms with Gasteiger partial charge in [0.2, 0.25) is 0 Å². The van der Waals surface area contributed by atoms with E-state index in [2.05, 4.69) is 4.84 Å². The molecule has 0 spiro atoms. The van der Waals surface area contributed by atoms with Crippen molar-refractivity contribution in [2.24, 2.45) is 5.92 Å². The fraction of sp³-hybridized carbons (Fsp3) is 0.889. The van der Waals surface area contributed by atoms with Gasteiger partial charge >= 0.3 is 5.97 Å². The number of carboxylic acid groups (broad SMARTS) is 1. The lowest BCUT2D eigenvalue weighted by atomic mass is 9.95. The fourth-order valence-corrected chi connectivity index (χ4v) is 2.00. The summed E-state index contributed by atoms with van der Waals surface area (Å²) in [6.45, 7) is 2.09. The number of hydrogen-bond donors (Lipinski definition) is 1. The Morgan fingerprint density at radius 1 is 1.56 bits per heavy atom. The van der Waals surface area contributed by atoms with Crippen LogP contribution < -0.4 is 0 Å². The first-order chi connectivity index (χ1) is 7.43. The molecule has 0 bridgehead atoms. The molecule has 1 N–H and O–H groups in total. The normalized spacial score (nSPS) is 29.7. The van der Waals surface area contributed by atoms with E-state index in [0.717, 1.165) is 13.1 Å². The van der Waals surface area contributed by atoms with Crippen molar-refractivity contribution in [2.45, 2.75) is 12.8 Å². The van der Waals surface area contributed by atoms with Gasteiger partial charge in [0.05, 0.1) is 26.1 Å². The first-order valence-corrected chi connectivity index (χ1v) is 5.27. The Balaban J connectivity index is 2.32. The summed E-state index contributed by atoms with van der Waals surface area (Å²) in [5, 5.41) is 18.0. The number of aliphatic carboxylic acids is 1. The molecule has 7 heteroatoms. The van der Waals surface area contributed by atoms with Crippen LogP contribution in [0.2, 0.25) is 0 Å². The topological polar surface area (TPSA) is 89.7 Å². The van der Waals surface area contributed by atoms with Gasteiger partial charge in [-0.2, -0.15) is 0 Å². The Bertz CT molecular complexity index is 268. The molecule has 0 aromatic heterocycles. The van der Waals surface area contributed by atoms with Gasteiger partial charge in [0.25, 0.3) is 5.09 Å². The van der Waals surface area contributed by atoms with E-state index < -0.39 is 11.1 Å². The van der Waals surface area contributed by atoms with Crippen LogP contribution in [0.5, 0.6) is 0 Å². The van der Waals surface area contributed by atoms with Gasteiger partial charge in [-0.3, -0.25) is 4.79 Å².